The van der Waals surface area contributed by atoms with Crippen molar-refractivity contribution in [3.8, 4) is 5.75 Å². The van der Waals surface area contributed by atoms with E-state index in [4.69, 9.17) is 4.74 Å². The molecule has 0 aliphatic rings. The first kappa shape index (κ1) is 18.2. The van der Waals surface area contributed by atoms with Crippen LogP contribution in [0.15, 0.2) is 84.0 Å². The number of aromatic nitrogens is 2. The van der Waals surface area contributed by atoms with Crippen LogP contribution in [-0.2, 0) is 10.0 Å². The zero-order chi connectivity index (χ0) is 19.7. The number of ether oxygens (including phenoxy) is 1. The van der Waals surface area contributed by atoms with Crippen molar-refractivity contribution in [2.24, 2.45) is 0 Å². The monoisotopic (exact) mass is 394 g/mol. The third kappa shape index (κ3) is 3.04. The highest BCUT2D eigenvalue weighted by Crippen LogP contribution is 2.33. The number of aliphatic hydroxyl groups excluding tert-OH is 1. The van der Waals surface area contributed by atoms with Crippen molar-refractivity contribution < 1.29 is 18.3 Å². The molecule has 6 nitrogen and oxygen atoms in total. The Bertz CT molecular complexity index is 1220. The van der Waals surface area contributed by atoms with Crippen LogP contribution < -0.4 is 4.74 Å². The normalized spacial score (nSPS) is 12.8. The number of aliphatic hydroxyl groups is 1. The van der Waals surface area contributed by atoms with Crippen LogP contribution in [0.3, 0.4) is 0 Å². The van der Waals surface area contributed by atoms with Gasteiger partial charge in [0.15, 0.2) is 0 Å². The van der Waals surface area contributed by atoms with E-state index >= 15 is 0 Å². The molecule has 0 saturated carbocycles. The summed E-state index contributed by atoms with van der Waals surface area (Å²) in [7, 11) is -2.38. The molecule has 1 N–H and O–H groups in total. The molecule has 0 fully saturated rings. The molecular formula is C21H18N2O4S. The highest BCUT2D eigenvalue weighted by atomic mass is 32.2. The van der Waals surface area contributed by atoms with Gasteiger partial charge in [0.05, 0.1) is 23.2 Å². The fourth-order valence-electron chi connectivity index (χ4n) is 3.18. The van der Waals surface area contributed by atoms with E-state index in [2.05, 4.69) is 4.98 Å². The lowest BCUT2D eigenvalue weighted by atomic mass is 10.1. The quantitative estimate of drug-likeness (QED) is 0.561. The van der Waals surface area contributed by atoms with Gasteiger partial charge in [-0.25, -0.2) is 12.4 Å². The number of methoxy groups -OCH3 is 1. The molecule has 0 bridgehead atoms. The van der Waals surface area contributed by atoms with Crippen molar-refractivity contribution in [3.05, 3.63) is 90.4 Å². The summed E-state index contributed by atoms with van der Waals surface area (Å²) >= 11 is 0. The number of benzene rings is 2. The molecule has 142 valence electrons. The Morgan fingerprint density at radius 2 is 1.82 bits per heavy atom. The molecule has 2 aromatic heterocycles. The molecule has 0 aliphatic carbocycles. The summed E-state index contributed by atoms with van der Waals surface area (Å²) in [6.07, 6.45) is 1.95. The third-order valence-corrected chi connectivity index (χ3v) is 6.31. The molecular weight excluding hydrogens is 376 g/mol. The summed E-state index contributed by atoms with van der Waals surface area (Å²) in [4.78, 5) is 4.17. The fraction of sp³-hybridized carbons (Fsp3) is 0.0952. The van der Waals surface area contributed by atoms with Gasteiger partial charge < -0.3 is 9.84 Å². The Labute approximate surface area is 162 Å². The van der Waals surface area contributed by atoms with Gasteiger partial charge in [-0.15, -0.1) is 0 Å². The van der Waals surface area contributed by atoms with E-state index in [1.807, 2.05) is 0 Å². The van der Waals surface area contributed by atoms with Crippen molar-refractivity contribution in [2.45, 2.75) is 11.0 Å². The van der Waals surface area contributed by atoms with Crippen LogP contribution in [0.1, 0.15) is 17.4 Å². The minimum atomic E-state index is -3.93. The molecule has 28 heavy (non-hydrogen) atoms. The summed E-state index contributed by atoms with van der Waals surface area (Å²) < 4.78 is 33.3. The number of pyridine rings is 1. The zero-order valence-electron chi connectivity index (χ0n) is 15.1. The van der Waals surface area contributed by atoms with Gasteiger partial charge in [-0.1, -0.05) is 24.3 Å². The first-order valence-electron chi connectivity index (χ1n) is 8.60. The lowest BCUT2D eigenvalue weighted by molar-refractivity contribution is 0.214. The molecule has 0 aliphatic heterocycles. The van der Waals surface area contributed by atoms with Gasteiger partial charge >= 0.3 is 0 Å². The summed E-state index contributed by atoms with van der Waals surface area (Å²) in [5.74, 6) is 0.601. The number of hydrogen-bond acceptors (Lipinski definition) is 5. The third-order valence-electron chi connectivity index (χ3n) is 4.55. The van der Waals surface area contributed by atoms with Crippen LogP contribution in [0, 0.1) is 0 Å². The van der Waals surface area contributed by atoms with Crippen LogP contribution in [0.4, 0.5) is 0 Å². The maximum Gasteiger partial charge on any atom is 0.268 e. The molecule has 0 spiro atoms. The SMILES string of the molecule is COc1ccc2c(c1)cc([C@H](O)c1cccnc1)n2S(=O)(=O)c1ccccc1. The second-order valence-electron chi connectivity index (χ2n) is 6.27. The molecule has 4 rings (SSSR count). The van der Waals surface area contributed by atoms with Gasteiger partial charge in [0.2, 0.25) is 0 Å². The lowest BCUT2D eigenvalue weighted by Crippen LogP contribution is -2.18. The van der Waals surface area contributed by atoms with Gasteiger partial charge in [0, 0.05) is 23.3 Å². The molecule has 0 amide bonds. The van der Waals surface area contributed by atoms with Crippen LogP contribution in [0.2, 0.25) is 0 Å². The number of hydrogen-bond donors (Lipinski definition) is 1. The highest BCUT2D eigenvalue weighted by Gasteiger charge is 2.27. The Morgan fingerprint density at radius 1 is 1.04 bits per heavy atom. The molecule has 1 atom stereocenters. The maximum absolute atomic E-state index is 13.4. The largest absolute Gasteiger partial charge is 0.497 e. The van der Waals surface area contributed by atoms with E-state index in [0.717, 1.165) is 0 Å². The number of nitrogens with zero attached hydrogens (tertiary/aromatic N) is 2. The van der Waals surface area contributed by atoms with E-state index < -0.39 is 16.1 Å². The first-order valence-corrected chi connectivity index (χ1v) is 10.0. The van der Waals surface area contributed by atoms with Crippen molar-refractivity contribution in [3.63, 3.8) is 0 Å². The van der Waals surface area contributed by atoms with Crippen molar-refractivity contribution in [2.75, 3.05) is 7.11 Å². The van der Waals surface area contributed by atoms with Crippen molar-refractivity contribution >= 4 is 20.9 Å². The molecule has 0 saturated heterocycles. The van der Waals surface area contributed by atoms with Gasteiger partial charge in [-0.2, -0.15) is 0 Å². The maximum atomic E-state index is 13.4. The standard InChI is InChI=1S/C21H18N2O4S/c1-27-17-9-10-19-16(12-17)13-20(21(24)15-6-5-11-22-14-15)23(19)28(25,26)18-7-3-2-4-8-18/h2-14,21,24H,1H3/t21-/m1/s1. The summed E-state index contributed by atoms with van der Waals surface area (Å²) in [6.45, 7) is 0. The topological polar surface area (TPSA) is 81.4 Å². The average molecular weight is 394 g/mol. The second kappa shape index (κ2) is 7.10. The van der Waals surface area contributed by atoms with E-state index in [-0.39, 0.29) is 10.6 Å². The van der Waals surface area contributed by atoms with E-state index in [9.17, 15) is 13.5 Å². The van der Waals surface area contributed by atoms with E-state index in [1.165, 1.54) is 22.3 Å². The van der Waals surface area contributed by atoms with Gasteiger partial charge in [0.25, 0.3) is 10.0 Å². The van der Waals surface area contributed by atoms with Crippen LogP contribution >= 0.6 is 0 Å². The minimum absolute atomic E-state index is 0.142. The molecule has 0 unspecified atom stereocenters. The van der Waals surface area contributed by atoms with Crippen LogP contribution in [-0.4, -0.2) is 29.6 Å². The second-order valence-corrected chi connectivity index (χ2v) is 8.05. The van der Waals surface area contributed by atoms with E-state index in [0.29, 0.717) is 22.2 Å². The average Bonchev–Trinajstić information content (AvgIpc) is 3.13. The van der Waals surface area contributed by atoms with Gasteiger partial charge in [-0.05, 0) is 42.5 Å². The Hall–Kier alpha value is -3.16. The molecule has 2 aromatic carbocycles. The Morgan fingerprint density at radius 3 is 2.50 bits per heavy atom. The minimum Gasteiger partial charge on any atom is -0.497 e. The van der Waals surface area contributed by atoms with Crippen molar-refractivity contribution in [1.82, 2.24) is 8.96 Å². The zero-order valence-corrected chi connectivity index (χ0v) is 15.9. The predicted molar refractivity (Wildman–Crippen MR) is 106 cm³/mol. The summed E-state index contributed by atoms with van der Waals surface area (Å²) in [5, 5.41) is 11.6. The van der Waals surface area contributed by atoms with Gasteiger partial charge in [-0.3, -0.25) is 4.98 Å². The van der Waals surface area contributed by atoms with E-state index in [1.54, 1.807) is 67.9 Å². The molecule has 0 radical (unpaired) electrons. The van der Waals surface area contributed by atoms with Crippen LogP contribution in [0.25, 0.3) is 10.9 Å². The summed E-state index contributed by atoms with van der Waals surface area (Å²) in [5.41, 5.74) is 1.20. The number of rotatable bonds is 5. The Kier molecular flexibility index (Phi) is 4.62. The highest BCUT2D eigenvalue weighted by molar-refractivity contribution is 7.90. The smallest absolute Gasteiger partial charge is 0.268 e. The molecule has 7 heteroatoms. The molecule has 2 heterocycles. The summed E-state index contributed by atoms with van der Waals surface area (Å²) in [6, 6.07) is 18.3. The van der Waals surface area contributed by atoms with Gasteiger partial charge in [0.1, 0.15) is 11.9 Å². The Balaban J connectivity index is 2.00. The fourth-order valence-corrected chi connectivity index (χ4v) is 4.75. The van der Waals surface area contributed by atoms with Crippen molar-refractivity contribution in [1.29, 1.82) is 0 Å². The first-order chi connectivity index (χ1) is 13.5. The molecule has 4 aromatic rings. The predicted octanol–water partition coefficient (Wildman–Crippen LogP) is 3.36. The number of fused-ring (bicyclic) bond motifs is 1. The lowest BCUT2D eigenvalue weighted by Gasteiger charge is -2.16. The van der Waals surface area contributed by atoms with Crippen LogP contribution in [0.5, 0.6) is 5.75 Å².